The van der Waals surface area contributed by atoms with Crippen LogP contribution >= 0.6 is 0 Å². The van der Waals surface area contributed by atoms with Gasteiger partial charge in [-0.15, -0.1) is 0 Å². The Morgan fingerprint density at radius 2 is 0.899 bits per heavy atom. The lowest BCUT2D eigenvalue weighted by molar-refractivity contribution is -0.379. The van der Waals surface area contributed by atoms with E-state index in [1.807, 2.05) is 6.08 Å². The molecule has 0 spiro atoms. The zero-order valence-corrected chi connectivity index (χ0v) is 41.5. The molecule has 17 atom stereocenters. The van der Waals surface area contributed by atoms with Gasteiger partial charge in [0.25, 0.3) is 0 Å². The number of carbonyl (C=O) groups is 1. The maximum absolute atomic E-state index is 13.2. The molecule has 69 heavy (non-hydrogen) atoms. The molecule has 1 amide bonds. The van der Waals surface area contributed by atoms with E-state index < -0.39 is 124 Å². The third-order valence-corrected chi connectivity index (χ3v) is 13.6. The Morgan fingerprint density at radius 1 is 0.507 bits per heavy atom. The van der Waals surface area contributed by atoms with E-state index in [1.165, 1.54) is 96.3 Å². The molecule has 3 fully saturated rings. The van der Waals surface area contributed by atoms with Crippen LogP contribution in [0, 0.1) is 0 Å². The van der Waals surface area contributed by atoms with Crippen LogP contribution < -0.4 is 5.32 Å². The van der Waals surface area contributed by atoms with E-state index in [0.717, 1.165) is 44.9 Å². The molecule has 0 aromatic rings. The van der Waals surface area contributed by atoms with Gasteiger partial charge in [-0.3, -0.25) is 4.79 Å². The molecule has 0 aliphatic carbocycles. The van der Waals surface area contributed by atoms with Gasteiger partial charge in [-0.2, -0.15) is 0 Å². The first-order valence-electron chi connectivity index (χ1n) is 26.4. The highest BCUT2D eigenvalue weighted by atomic mass is 16.8. The average Bonchev–Trinajstić information content (AvgIpc) is 3.34. The lowest BCUT2D eigenvalue weighted by Gasteiger charge is -2.48. The van der Waals surface area contributed by atoms with Crippen molar-refractivity contribution in [1.82, 2.24) is 5.32 Å². The van der Waals surface area contributed by atoms with Crippen molar-refractivity contribution in [2.24, 2.45) is 0 Å². The Hall–Kier alpha value is -1.47. The standard InChI is InChI=1S/C50H93NO18/c1-3-5-7-9-11-13-14-15-16-17-18-20-21-23-25-27-34(55)33(51-38(56)28-26-24-22-19-12-10-8-6-4-2)32-64-48-44(62)41(59)46(36(30-53)66-48)69-50-45(63)42(60)47(37(31-54)67-50)68-49-43(61)40(58)39(57)35(29-52)65-49/h25,27,33-37,39-50,52-55,57-63H,3-24,26,28-32H2,1-2H3,(H,51,56)/b27-25+. The second kappa shape index (κ2) is 35.6. The van der Waals surface area contributed by atoms with E-state index in [4.69, 9.17) is 28.4 Å². The Labute approximate surface area is 410 Å². The van der Waals surface area contributed by atoms with Gasteiger partial charge >= 0.3 is 0 Å². The Balaban J connectivity index is 1.55. The van der Waals surface area contributed by atoms with Gasteiger partial charge in [0.2, 0.25) is 5.91 Å². The van der Waals surface area contributed by atoms with Crippen LogP contribution in [-0.4, -0.2) is 193 Å². The van der Waals surface area contributed by atoms with Crippen LogP contribution in [0.2, 0.25) is 0 Å². The molecule has 3 heterocycles. The summed E-state index contributed by atoms with van der Waals surface area (Å²) < 4.78 is 34.1. The molecule has 406 valence electrons. The highest BCUT2D eigenvalue weighted by Crippen LogP contribution is 2.33. The summed E-state index contributed by atoms with van der Waals surface area (Å²) in [7, 11) is 0. The maximum Gasteiger partial charge on any atom is 0.220 e. The predicted molar refractivity (Wildman–Crippen MR) is 254 cm³/mol. The molecule has 0 radical (unpaired) electrons. The second-order valence-corrected chi connectivity index (χ2v) is 19.3. The first kappa shape index (κ1) is 61.8. The van der Waals surface area contributed by atoms with Crippen molar-refractivity contribution >= 4 is 5.91 Å². The summed E-state index contributed by atoms with van der Waals surface area (Å²) >= 11 is 0. The van der Waals surface area contributed by atoms with Gasteiger partial charge in [-0.1, -0.05) is 154 Å². The molecule has 19 heteroatoms. The smallest absolute Gasteiger partial charge is 0.220 e. The molecule has 3 saturated heterocycles. The van der Waals surface area contributed by atoms with E-state index in [1.54, 1.807) is 6.08 Å². The molecule has 0 saturated carbocycles. The second-order valence-electron chi connectivity index (χ2n) is 19.3. The van der Waals surface area contributed by atoms with Crippen LogP contribution in [0.1, 0.15) is 168 Å². The molecule has 0 aromatic heterocycles. The van der Waals surface area contributed by atoms with Gasteiger partial charge < -0.3 is 89.9 Å². The van der Waals surface area contributed by atoms with Crippen molar-refractivity contribution in [3.63, 3.8) is 0 Å². The van der Waals surface area contributed by atoms with Crippen LogP contribution in [0.5, 0.6) is 0 Å². The topological polar surface area (TPSA) is 307 Å². The number of allylic oxidation sites excluding steroid dienone is 1. The molecule has 0 bridgehead atoms. The minimum absolute atomic E-state index is 0.246. The van der Waals surface area contributed by atoms with Crippen LogP contribution in [0.25, 0.3) is 0 Å². The van der Waals surface area contributed by atoms with Gasteiger partial charge in [-0.25, -0.2) is 0 Å². The predicted octanol–water partition coefficient (Wildman–Crippen LogP) is 2.26. The fraction of sp³-hybridized carbons (Fsp3) is 0.940. The third kappa shape index (κ3) is 21.5. The highest BCUT2D eigenvalue weighted by Gasteiger charge is 2.53. The molecular weight excluding hydrogens is 903 g/mol. The molecule has 12 N–H and O–H groups in total. The number of nitrogens with one attached hydrogen (secondary N) is 1. The molecule has 17 unspecified atom stereocenters. The van der Waals surface area contributed by atoms with Crippen molar-refractivity contribution < 1.29 is 89.4 Å². The van der Waals surface area contributed by atoms with Crippen molar-refractivity contribution in [2.45, 2.75) is 272 Å². The summed E-state index contributed by atoms with van der Waals surface area (Å²) in [6, 6.07) is -0.964. The fourth-order valence-electron chi connectivity index (χ4n) is 9.13. The largest absolute Gasteiger partial charge is 0.394 e. The minimum Gasteiger partial charge on any atom is -0.394 e. The lowest BCUT2D eigenvalue weighted by Crippen LogP contribution is -2.66. The Bertz CT molecular complexity index is 1330. The fourth-order valence-corrected chi connectivity index (χ4v) is 9.13. The number of rotatable bonds is 37. The van der Waals surface area contributed by atoms with Gasteiger partial charge in [0.1, 0.15) is 73.2 Å². The molecule has 3 rings (SSSR count). The van der Waals surface area contributed by atoms with E-state index in [2.05, 4.69) is 19.2 Å². The SMILES string of the molecule is CCCCCCCCCCCCCCC/C=C/C(O)C(COC1OC(CO)C(OC2OC(CO)C(OC3OC(CO)C(O)C(O)C3O)C(O)C2O)C(O)C1O)NC(=O)CCCCCCCCCCC. The highest BCUT2D eigenvalue weighted by molar-refractivity contribution is 5.76. The number of aliphatic hydroxyl groups is 11. The van der Waals surface area contributed by atoms with Crippen LogP contribution in [0.15, 0.2) is 12.2 Å². The number of aliphatic hydroxyl groups excluding tert-OH is 11. The van der Waals surface area contributed by atoms with Gasteiger partial charge in [0.15, 0.2) is 18.9 Å². The summed E-state index contributed by atoms with van der Waals surface area (Å²) in [5.41, 5.74) is 0. The third-order valence-electron chi connectivity index (χ3n) is 13.6. The molecule has 0 aromatic carbocycles. The first-order chi connectivity index (χ1) is 33.3. The van der Waals surface area contributed by atoms with Crippen molar-refractivity contribution in [3.8, 4) is 0 Å². The Kier molecular flexibility index (Phi) is 31.9. The van der Waals surface area contributed by atoms with E-state index in [9.17, 15) is 61.0 Å². The molecular formula is C50H93NO18. The van der Waals surface area contributed by atoms with E-state index in [0.29, 0.717) is 6.42 Å². The summed E-state index contributed by atoms with van der Waals surface area (Å²) in [5, 5.41) is 120. The number of unbranched alkanes of at least 4 members (excludes halogenated alkanes) is 21. The van der Waals surface area contributed by atoms with Crippen LogP contribution in [0.3, 0.4) is 0 Å². The number of carbonyl (C=O) groups excluding carboxylic acids is 1. The molecule has 3 aliphatic heterocycles. The normalized spacial score (nSPS) is 32.9. The zero-order chi connectivity index (χ0) is 50.6. The number of hydrogen-bond acceptors (Lipinski definition) is 18. The van der Waals surface area contributed by atoms with Gasteiger partial charge in [-0.05, 0) is 19.3 Å². The first-order valence-corrected chi connectivity index (χ1v) is 26.4. The quantitative estimate of drug-likeness (QED) is 0.0314. The maximum atomic E-state index is 13.2. The van der Waals surface area contributed by atoms with E-state index >= 15 is 0 Å². The number of hydrogen-bond donors (Lipinski definition) is 12. The summed E-state index contributed by atoms with van der Waals surface area (Å²) in [4.78, 5) is 13.2. The number of ether oxygens (including phenoxy) is 6. The average molecular weight is 996 g/mol. The lowest BCUT2D eigenvalue weighted by atomic mass is 9.96. The zero-order valence-electron chi connectivity index (χ0n) is 41.5. The van der Waals surface area contributed by atoms with Crippen molar-refractivity contribution in [2.75, 3.05) is 26.4 Å². The summed E-state index contributed by atoms with van der Waals surface area (Å²) in [6.45, 7) is 1.66. The van der Waals surface area contributed by atoms with Crippen molar-refractivity contribution in [1.29, 1.82) is 0 Å². The van der Waals surface area contributed by atoms with Gasteiger partial charge in [0.05, 0.1) is 38.6 Å². The van der Waals surface area contributed by atoms with Gasteiger partial charge in [0, 0.05) is 6.42 Å². The molecule has 19 nitrogen and oxygen atoms in total. The van der Waals surface area contributed by atoms with Crippen LogP contribution in [-0.2, 0) is 33.2 Å². The monoisotopic (exact) mass is 996 g/mol. The Morgan fingerprint density at radius 3 is 1.36 bits per heavy atom. The van der Waals surface area contributed by atoms with Crippen LogP contribution in [0.4, 0.5) is 0 Å². The summed E-state index contributed by atoms with van der Waals surface area (Å²) in [6.07, 6.45) is 3.66. The molecule has 3 aliphatic rings. The van der Waals surface area contributed by atoms with E-state index in [-0.39, 0.29) is 18.9 Å². The summed E-state index contributed by atoms with van der Waals surface area (Å²) in [5.74, 6) is -0.280. The minimum atomic E-state index is -1.97. The van der Waals surface area contributed by atoms with Crippen molar-refractivity contribution in [3.05, 3.63) is 12.2 Å². The number of amides is 1.